The van der Waals surface area contributed by atoms with Crippen molar-refractivity contribution in [2.45, 2.75) is 59.8 Å². The predicted molar refractivity (Wildman–Crippen MR) is 104 cm³/mol. The molecule has 0 N–H and O–H groups in total. The van der Waals surface area contributed by atoms with E-state index in [4.69, 9.17) is 0 Å². The quantitative estimate of drug-likeness (QED) is 0.809. The summed E-state index contributed by atoms with van der Waals surface area (Å²) < 4.78 is 0. The molecule has 1 aromatic heterocycles. The van der Waals surface area contributed by atoms with Gasteiger partial charge in [-0.1, -0.05) is 20.8 Å². The lowest BCUT2D eigenvalue weighted by molar-refractivity contribution is -0.147. The van der Waals surface area contributed by atoms with Crippen molar-refractivity contribution in [3.8, 4) is 0 Å². The molecule has 26 heavy (non-hydrogen) atoms. The number of carbonyl (C=O) groups is 2. The van der Waals surface area contributed by atoms with Crippen LogP contribution in [0, 0.1) is 17.8 Å². The van der Waals surface area contributed by atoms with Crippen LogP contribution in [0.15, 0.2) is 5.51 Å². The van der Waals surface area contributed by atoms with Gasteiger partial charge in [-0.3, -0.25) is 9.59 Å². The second kappa shape index (κ2) is 7.29. The number of amides is 2. The van der Waals surface area contributed by atoms with E-state index >= 15 is 0 Å². The topological polar surface area (TPSA) is 53.5 Å². The number of aryl methyl sites for hydroxylation is 2. The second-order valence-corrected chi connectivity index (χ2v) is 10.0. The van der Waals surface area contributed by atoms with E-state index in [1.807, 2.05) is 22.2 Å². The molecule has 1 unspecified atom stereocenters. The molecular formula is C20H31N3O2S. The number of likely N-dealkylation sites (tertiary alicyclic amines) is 2. The first-order valence-electron chi connectivity index (χ1n) is 9.66. The Morgan fingerprint density at radius 1 is 1.31 bits per heavy atom. The van der Waals surface area contributed by atoms with E-state index in [1.54, 1.807) is 11.3 Å². The molecule has 144 valence electrons. The van der Waals surface area contributed by atoms with E-state index in [0.29, 0.717) is 13.0 Å². The van der Waals surface area contributed by atoms with Crippen molar-refractivity contribution in [2.24, 2.45) is 10.8 Å². The molecule has 0 aliphatic carbocycles. The van der Waals surface area contributed by atoms with Gasteiger partial charge >= 0.3 is 0 Å². The zero-order valence-corrected chi connectivity index (χ0v) is 17.3. The fourth-order valence-corrected chi connectivity index (χ4v) is 5.07. The van der Waals surface area contributed by atoms with Crippen LogP contribution in [0.5, 0.6) is 0 Å². The molecule has 5 nitrogen and oxygen atoms in total. The van der Waals surface area contributed by atoms with Gasteiger partial charge in [-0.2, -0.15) is 0 Å². The summed E-state index contributed by atoms with van der Waals surface area (Å²) in [6.45, 7) is 11.5. The number of hydrogen-bond acceptors (Lipinski definition) is 4. The smallest absolute Gasteiger partial charge is 0.230 e. The summed E-state index contributed by atoms with van der Waals surface area (Å²) in [5.41, 5.74) is 2.64. The second-order valence-electron chi connectivity index (χ2n) is 9.10. The van der Waals surface area contributed by atoms with Gasteiger partial charge in [-0.05, 0) is 38.0 Å². The van der Waals surface area contributed by atoms with Gasteiger partial charge in [0.1, 0.15) is 0 Å². The molecule has 2 aliphatic rings. The number of nitrogens with zero attached hydrogens (tertiary/aromatic N) is 3. The zero-order valence-electron chi connectivity index (χ0n) is 16.5. The minimum Gasteiger partial charge on any atom is -0.342 e. The molecule has 0 bridgehead atoms. The first-order chi connectivity index (χ1) is 12.2. The average molecular weight is 378 g/mol. The lowest BCUT2D eigenvalue weighted by atomic mass is 9.77. The summed E-state index contributed by atoms with van der Waals surface area (Å²) in [6, 6.07) is 0. The first kappa shape index (κ1) is 19.3. The molecule has 3 heterocycles. The Balaban J connectivity index is 1.60. The minimum atomic E-state index is -0.334. The Hall–Kier alpha value is -1.43. The van der Waals surface area contributed by atoms with Gasteiger partial charge in [0.15, 0.2) is 0 Å². The number of hydrogen-bond donors (Lipinski definition) is 0. The van der Waals surface area contributed by atoms with E-state index in [-0.39, 0.29) is 22.6 Å². The van der Waals surface area contributed by atoms with Crippen LogP contribution in [-0.2, 0) is 16.0 Å². The molecule has 1 aromatic rings. The Morgan fingerprint density at radius 3 is 2.73 bits per heavy atom. The van der Waals surface area contributed by atoms with Gasteiger partial charge in [0, 0.05) is 37.5 Å². The Morgan fingerprint density at radius 2 is 2.08 bits per heavy atom. The van der Waals surface area contributed by atoms with Gasteiger partial charge in [0.2, 0.25) is 11.8 Å². The fourth-order valence-electron chi connectivity index (χ4n) is 4.28. The van der Waals surface area contributed by atoms with Crippen LogP contribution < -0.4 is 0 Å². The van der Waals surface area contributed by atoms with E-state index in [1.165, 1.54) is 4.88 Å². The van der Waals surface area contributed by atoms with Gasteiger partial charge in [-0.15, -0.1) is 11.3 Å². The predicted octanol–water partition coefficient (Wildman–Crippen LogP) is 3.27. The summed E-state index contributed by atoms with van der Waals surface area (Å²) >= 11 is 1.62. The van der Waals surface area contributed by atoms with Gasteiger partial charge in [0.05, 0.1) is 16.6 Å². The number of thiazole rings is 1. The molecule has 0 saturated carbocycles. The van der Waals surface area contributed by atoms with Crippen LogP contribution in [0.2, 0.25) is 0 Å². The zero-order chi connectivity index (χ0) is 18.9. The molecule has 0 radical (unpaired) electrons. The maximum Gasteiger partial charge on any atom is 0.230 e. The third kappa shape index (κ3) is 4.11. The highest BCUT2D eigenvalue weighted by atomic mass is 32.1. The van der Waals surface area contributed by atoms with Crippen LogP contribution in [0.4, 0.5) is 0 Å². The Labute approximate surface area is 160 Å². The normalized spacial score (nSPS) is 23.9. The molecule has 2 saturated heterocycles. The van der Waals surface area contributed by atoms with Crippen molar-refractivity contribution in [1.29, 1.82) is 0 Å². The Kier molecular flexibility index (Phi) is 5.42. The van der Waals surface area contributed by atoms with E-state index in [9.17, 15) is 9.59 Å². The number of rotatable bonds is 4. The fraction of sp³-hybridized carbons (Fsp3) is 0.750. The number of piperidine rings is 1. The van der Waals surface area contributed by atoms with Crippen LogP contribution >= 0.6 is 11.3 Å². The SMILES string of the molecule is Cc1ncsc1CCC(=O)N1CCC2(CCCN(CC(C)(C)C)C2=O)C1. The largest absolute Gasteiger partial charge is 0.342 e. The Bertz CT molecular complexity index is 679. The molecule has 1 spiro atoms. The third-order valence-corrected chi connectivity index (χ3v) is 6.60. The van der Waals surface area contributed by atoms with Crippen molar-refractivity contribution in [1.82, 2.24) is 14.8 Å². The van der Waals surface area contributed by atoms with E-state index in [2.05, 4.69) is 25.8 Å². The molecule has 3 rings (SSSR count). The first-order valence-corrected chi connectivity index (χ1v) is 10.5. The highest BCUT2D eigenvalue weighted by molar-refractivity contribution is 7.09. The minimum absolute atomic E-state index is 0.106. The van der Waals surface area contributed by atoms with Crippen molar-refractivity contribution >= 4 is 23.2 Å². The van der Waals surface area contributed by atoms with Crippen molar-refractivity contribution < 1.29 is 9.59 Å². The highest BCUT2D eigenvalue weighted by Crippen LogP contribution is 2.41. The van der Waals surface area contributed by atoms with Crippen LogP contribution in [0.1, 0.15) is 57.0 Å². The number of aromatic nitrogens is 1. The average Bonchev–Trinajstić information content (AvgIpc) is 3.16. The standard InChI is InChI=1S/C20H31N3O2S/c1-15-16(26-14-21-15)6-7-17(24)22-11-9-20(13-22)8-5-10-23(18(20)25)12-19(2,3)4/h14H,5-13H2,1-4H3. The van der Waals surface area contributed by atoms with Crippen LogP contribution in [-0.4, -0.2) is 52.8 Å². The molecule has 2 fully saturated rings. The van der Waals surface area contributed by atoms with Crippen molar-refractivity contribution in [3.05, 3.63) is 16.1 Å². The molecule has 2 amide bonds. The highest BCUT2D eigenvalue weighted by Gasteiger charge is 2.49. The monoisotopic (exact) mass is 377 g/mol. The lowest BCUT2D eigenvalue weighted by Crippen LogP contribution is -2.52. The summed E-state index contributed by atoms with van der Waals surface area (Å²) in [6.07, 6.45) is 4.05. The summed E-state index contributed by atoms with van der Waals surface area (Å²) in [7, 11) is 0. The molecule has 2 aliphatic heterocycles. The van der Waals surface area contributed by atoms with E-state index in [0.717, 1.165) is 51.0 Å². The lowest BCUT2D eigenvalue weighted by Gasteiger charge is -2.41. The number of carbonyl (C=O) groups excluding carboxylic acids is 2. The summed E-state index contributed by atoms with van der Waals surface area (Å²) in [5.74, 6) is 0.447. The maximum atomic E-state index is 13.2. The molecule has 6 heteroatoms. The molecule has 1 atom stereocenters. The van der Waals surface area contributed by atoms with Crippen LogP contribution in [0.3, 0.4) is 0 Å². The van der Waals surface area contributed by atoms with Crippen molar-refractivity contribution in [2.75, 3.05) is 26.2 Å². The molecule has 0 aromatic carbocycles. The van der Waals surface area contributed by atoms with Crippen LogP contribution in [0.25, 0.3) is 0 Å². The molecular weight excluding hydrogens is 346 g/mol. The maximum absolute atomic E-state index is 13.2. The van der Waals surface area contributed by atoms with E-state index < -0.39 is 0 Å². The summed E-state index contributed by atoms with van der Waals surface area (Å²) in [5, 5.41) is 0. The van der Waals surface area contributed by atoms with Gasteiger partial charge in [0.25, 0.3) is 0 Å². The third-order valence-electron chi connectivity index (χ3n) is 5.61. The van der Waals surface area contributed by atoms with Gasteiger partial charge < -0.3 is 9.80 Å². The van der Waals surface area contributed by atoms with Crippen molar-refractivity contribution in [3.63, 3.8) is 0 Å². The van der Waals surface area contributed by atoms with Gasteiger partial charge in [-0.25, -0.2) is 4.98 Å². The summed E-state index contributed by atoms with van der Waals surface area (Å²) in [4.78, 5) is 35.3.